The van der Waals surface area contributed by atoms with Crippen molar-refractivity contribution in [3.63, 3.8) is 0 Å². The van der Waals surface area contributed by atoms with E-state index < -0.39 is 0 Å². The molecular weight excluding hydrogens is 122 g/mol. The Morgan fingerprint density at radius 1 is 1.88 bits per heavy atom. The normalized spacial score (nSPS) is 10.4. The van der Waals surface area contributed by atoms with Gasteiger partial charge in [-0.05, 0) is 6.26 Å². The fourth-order valence-corrected chi connectivity index (χ4v) is 0.591. The Hall–Kier alpha value is -0.620. The summed E-state index contributed by atoms with van der Waals surface area (Å²) in [6.45, 7) is 0. The maximum Gasteiger partial charge on any atom is 0.162 e. The standard InChI is InChI=1S/C5H7NOS/c1-7-5(8-2)3-4-6/h3H,1-2H3. The number of thioether (sulfide) groups is 1. The molecule has 0 radical (unpaired) electrons. The summed E-state index contributed by atoms with van der Waals surface area (Å²) in [5.74, 6) is 0. The van der Waals surface area contributed by atoms with Gasteiger partial charge in [-0.25, -0.2) is 0 Å². The Morgan fingerprint density at radius 2 is 2.50 bits per heavy atom. The Labute approximate surface area is 53.1 Å². The van der Waals surface area contributed by atoms with Crippen LogP contribution in [0.15, 0.2) is 11.2 Å². The van der Waals surface area contributed by atoms with E-state index in [4.69, 9.17) is 10.00 Å². The molecule has 0 aliphatic rings. The van der Waals surface area contributed by atoms with Crippen molar-refractivity contribution >= 4 is 11.8 Å². The highest BCUT2D eigenvalue weighted by molar-refractivity contribution is 8.02. The first kappa shape index (κ1) is 7.38. The van der Waals surface area contributed by atoms with Crippen LogP contribution < -0.4 is 0 Å². The van der Waals surface area contributed by atoms with E-state index in [-0.39, 0.29) is 0 Å². The third kappa shape index (κ3) is 2.54. The second-order valence-electron chi connectivity index (χ2n) is 1.00. The van der Waals surface area contributed by atoms with Crippen LogP contribution in [0.1, 0.15) is 0 Å². The summed E-state index contributed by atoms with van der Waals surface area (Å²) in [6.07, 6.45) is 3.22. The summed E-state index contributed by atoms with van der Waals surface area (Å²) in [5, 5.41) is 8.72. The number of hydrogen-bond acceptors (Lipinski definition) is 3. The summed E-state index contributed by atoms with van der Waals surface area (Å²) in [7, 11) is 1.54. The van der Waals surface area contributed by atoms with Crippen molar-refractivity contribution < 1.29 is 4.74 Å². The smallest absolute Gasteiger partial charge is 0.162 e. The maximum absolute atomic E-state index is 8.08. The fourth-order valence-electron chi connectivity index (χ4n) is 0.254. The fraction of sp³-hybridized carbons (Fsp3) is 0.400. The minimum Gasteiger partial charge on any atom is -0.490 e. The summed E-state index contributed by atoms with van der Waals surface area (Å²) < 4.78 is 4.74. The molecule has 0 bridgehead atoms. The number of methoxy groups -OCH3 is 1. The van der Waals surface area contributed by atoms with Crippen LogP contribution in [0.25, 0.3) is 0 Å². The van der Waals surface area contributed by atoms with Crippen molar-refractivity contribution in [2.45, 2.75) is 0 Å². The Morgan fingerprint density at radius 3 is 2.62 bits per heavy atom. The van der Waals surface area contributed by atoms with Gasteiger partial charge < -0.3 is 4.74 Å². The third-order valence-electron chi connectivity index (χ3n) is 0.585. The van der Waals surface area contributed by atoms with Gasteiger partial charge in [-0.2, -0.15) is 5.26 Å². The van der Waals surface area contributed by atoms with Crippen LogP contribution in [-0.4, -0.2) is 13.4 Å². The zero-order chi connectivity index (χ0) is 6.41. The van der Waals surface area contributed by atoms with E-state index in [0.29, 0.717) is 5.09 Å². The SMILES string of the molecule is COC(=CC#N)SC. The number of ether oxygens (including phenoxy) is 1. The van der Waals surface area contributed by atoms with Crippen molar-refractivity contribution in [2.24, 2.45) is 0 Å². The first-order chi connectivity index (χ1) is 3.85. The lowest BCUT2D eigenvalue weighted by atomic mass is 10.7. The van der Waals surface area contributed by atoms with Crippen molar-refractivity contribution in [2.75, 3.05) is 13.4 Å². The monoisotopic (exact) mass is 129 g/mol. The van der Waals surface area contributed by atoms with Crippen LogP contribution in [0.5, 0.6) is 0 Å². The van der Waals surface area contributed by atoms with Crippen LogP contribution >= 0.6 is 11.8 Å². The Balaban J connectivity index is 3.72. The average molecular weight is 129 g/mol. The predicted octanol–water partition coefficient (Wildman–Crippen LogP) is 1.36. The lowest BCUT2D eigenvalue weighted by Gasteiger charge is -1.95. The molecule has 0 heterocycles. The van der Waals surface area contributed by atoms with E-state index in [1.807, 2.05) is 12.3 Å². The second kappa shape index (κ2) is 4.54. The first-order valence-corrected chi connectivity index (χ1v) is 3.25. The minimum atomic E-state index is 0.646. The van der Waals surface area contributed by atoms with Crippen LogP contribution in [0.3, 0.4) is 0 Å². The van der Waals surface area contributed by atoms with E-state index in [2.05, 4.69) is 0 Å². The minimum absolute atomic E-state index is 0.646. The van der Waals surface area contributed by atoms with Crippen LogP contribution in [-0.2, 0) is 4.74 Å². The van der Waals surface area contributed by atoms with Crippen molar-refractivity contribution in [3.8, 4) is 6.07 Å². The van der Waals surface area contributed by atoms with Gasteiger partial charge in [0.05, 0.1) is 19.3 Å². The second-order valence-corrected chi connectivity index (χ2v) is 1.81. The van der Waals surface area contributed by atoms with Gasteiger partial charge >= 0.3 is 0 Å². The summed E-state index contributed by atoms with van der Waals surface area (Å²) in [5.41, 5.74) is 0. The number of nitrogens with zero attached hydrogens (tertiary/aromatic N) is 1. The summed E-state index contributed by atoms with van der Waals surface area (Å²) >= 11 is 1.41. The van der Waals surface area contributed by atoms with E-state index in [0.717, 1.165) is 0 Å². The van der Waals surface area contributed by atoms with Crippen molar-refractivity contribution in [1.82, 2.24) is 0 Å². The molecule has 0 aromatic heterocycles. The van der Waals surface area contributed by atoms with Gasteiger partial charge in [0.25, 0.3) is 0 Å². The van der Waals surface area contributed by atoms with Gasteiger partial charge in [0, 0.05) is 0 Å². The molecule has 0 aliphatic carbocycles. The van der Waals surface area contributed by atoms with E-state index in [1.165, 1.54) is 17.8 Å². The van der Waals surface area contributed by atoms with Crippen molar-refractivity contribution in [3.05, 3.63) is 11.2 Å². The Kier molecular flexibility index (Phi) is 4.19. The molecule has 0 aliphatic heterocycles. The lowest BCUT2D eigenvalue weighted by Crippen LogP contribution is -1.76. The van der Waals surface area contributed by atoms with Gasteiger partial charge in [0.2, 0.25) is 0 Å². The van der Waals surface area contributed by atoms with Crippen LogP contribution in [0.4, 0.5) is 0 Å². The highest BCUT2D eigenvalue weighted by Crippen LogP contribution is 2.09. The number of nitriles is 1. The number of hydrogen-bond donors (Lipinski definition) is 0. The number of rotatable bonds is 2. The van der Waals surface area contributed by atoms with Gasteiger partial charge in [0.15, 0.2) is 5.09 Å². The topological polar surface area (TPSA) is 33.0 Å². The quantitative estimate of drug-likeness (QED) is 0.417. The molecular formula is C5H7NOS. The van der Waals surface area contributed by atoms with Crippen LogP contribution in [0, 0.1) is 11.3 Å². The van der Waals surface area contributed by atoms with E-state index >= 15 is 0 Å². The molecule has 0 unspecified atom stereocenters. The molecule has 44 valence electrons. The van der Waals surface area contributed by atoms with Gasteiger partial charge in [0.1, 0.15) is 0 Å². The van der Waals surface area contributed by atoms with E-state index in [1.54, 1.807) is 7.11 Å². The highest BCUT2D eigenvalue weighted by Gasteiger charge is 1.86. The van der Waals surface area contributed by atoms with Gasteiger partial charge in [-0.15, -0.1) is 0 Å². The van der Waals surface area contributed by atoms with E-state index in [9.17, 15) is 0 Å². The molecule has 0 fully saturated rings. The molecule has 0 aromatic rings. The zero-order valence-corrected chi connectivity index (χ0v) is 5.66. The molecule has 0 saturated carbocycles. The van der Waals surface area contributed by atoms with Gasteiger partial charge in [-0.3, -0.25) is 0 Å². The molecule has 0 rings (SSSR count). The molecule has 0 N–H and O–H groups in total. The Bertz CT molecular complexity index is 119. The summed E-state index contributed by atoms with van der Waals surface area (Å²) in [4.78, 5) is 0. The maximum atomic E-state index is 8.08. The molecule has 0 saturated heterocycles. The molecule has 0 spiro atoms. The molecule has 0 amide bonds. The highest BCUT2D eigenvalue weighted by atomic mass is 32.2. The predicted molar refractivity (Wildman–Crippen MR) is 34.2 cm³/mol. The molecule has 8 heavy (non-hydrogen) atoms. The zero-order valence-electron chi connectivity index (χ0n) is 4.84. The first-order valence-electron chi connectivity index (χ1n) is 2.03. The molecule has 0 atom stereocenters. The molecule has 0 aromatic carbocycles. The molecule has 3 heteroatoms. The third-order valence-corrected chi connectivity index (χ3v) is 1.27. The van der Waals surface area contributed by atoms with Crippen LogP contribution in [0.2, 0.25) is 0 Å². The average Bonchev–Trinajstić information content (AvgIpc) is 1.83. The summed E-state index contributed by atoms with van der Waals surface area (Å²) in [6, 6.07) is 1.86. The van der Waals surface area contributed by atoms with Crippen molar-refractivity contribution in [1.29, 1.82) is 5.26 Å². The number of allylic oxidation sites excluding steroid dienone is 1. The largest absolute Gasteiger partial charge is 0.490 e. The molecule has 2 nitrogen and oxygen atoms in total. The lowest BCUT2D eigenvalue weighted by molar-refractivity contribution is 0.325. The van der Waals surface area contributed by atoms with Gasteiger partial charge in [-0.1, -0.05) is 11.8 Å².